The van der Waals surface area contributed by atoms with Crippen LogP contribution in [0, 0.1) is 18.3 Å². The van der Waals surface area contributed by atoms with Crippen LogP contribution in [-0.4, -0.2) is 30.2 Å². The van der Waals surface area contributed by atoms with Crippen molar-refractivity contribution >= 4 is 20.8 Å². The predicted molar refractivity (Wildman–Crippen MR) is 56.6 cm³/mol. The normalized spacial score (nSPS) is 26.3. The van der Waals surface area contributed by atoms with Gasteiger partial charge in [-0.3, -0.25) is 0 Å². The average Bonchev–Trinajstić information content (AvgIpc) is 2.91. The quantitative estimate of drug-likeness (QED) is 0.674. The number of nitrogens with one attached hydrogen (secondary N) is 2. The Morgan fingerprint density at radius 3 is 2.58 bits per heavy atom. The molecule has 2 unspecified atom stereocenters. The molecule has 105 valence electrons. The summed E-state index contributed by atoms with van der Waals surface area (Å²) >= 11 is 1.97. The first-order valence-electron chi connectivity index (χ1n) is 4.91. The van der Waals surface area contributed by atoms with Gasteiger partial charge in [0.25, 0.3) is 0 Å². The summed E-state index contributed by atoms with van der Waals surface area (Å²) < 4.78 is 59.3. The Hall–Kier alpha value is -0.816. The summed E-state index contributed by atoms with van der Waals surface area (Å²) in [5.74, 6) is 0.621. The minimum atomic E-state index is -5.71. The summed E-state index contributed by atoms with van der Waals surface area (Å²) in [6.45, 7) is 0. The molecule has 0 aromatic carbocycles. The second kappa shape index (κ2) is 5.28. The van der Waals surface area contributed by atoms with E-state index in [1.165, 1.54) is 4.85 Å². The first-order valence-corrected chi connectivity index (χ1v) is 7.20. The molecule has 1 rings (SSSR count). The molecule has 1 saturated carbocycles. The summed E-state index contributed by atoms with van der Waals surface area (Å²) in [4.78, 5) is 13.0. The molecule has 0 saturated heterocycles. The first kappa shape index (κ1) is 16.2. The van der Waals surface area contributed by atoms with Crippen molar-refractivity contribution in [3.63, 3.8) is 0 Å². The average molecular weight is 333 g/mol. The Labute approximate surface area is 116 Å². The van der Waals surface area contributed by atoms with Gasteiger partial charge in [-0.1, -0.05) is 0 Å². The fourth-order valence-corrected chi connectivity index (χ4v) is 2.53. The van der Waals surface area contributed by atoms with Crippen LogP contribution in [0.4, 0.5) is 13.2 Å². The number of alkyl halides is 3. The van der Waals surface area contributed by atoms with Crippen molar-refractivity contribution in [2.75, 3.05) is 0 Å². The van der Waals surface area contributed by atoms with Crippen molar-refractivity contribution in [1.29, 1.82) is 0 Å². The molecule has 0 spiro atoms. The zero-order valence-corrected chi connectivity index (χ0v) is 11.6. The van der Waals surface area contributed by atoms with Crippen LogP contribution >= 0.6 is 0 Å². The number of halogens is 3. The summed E-state index contributed by atoms with van der Waals surface area (Å²) in [6.07, 6.45) is 5.39. The van der Waals surface area contributed by atoms with Crippen molar-refractivity contribution in [3.8, 4) is 12.3 Å². The van der Waals surface area contributed by atoms with Gasteiger partial charge in [-0.2, -0.15) is 0 Å². The van der Waals surface area contributed by atoms with Crippen molar-refractivity contribution in [2.45, 2.75) is 23.9 Å². The van der Waals surface area contributed by atoms with E-state index in [2.05, 4.69) is 11.2 Å². The molecule has 0 aliphatic heterocycles. The second-order valence-electron chi connectivity index (χ2n) is 3.93. The fourth-order valence-electron chi connectivity index (χ4n) is 1.62. The summed E-state index contributed by atoms with van der Waals surface area (Å²) in [6, 6.07) is 0. The van der Waals surface area contributed by atoms with Crippen LogP contribution in [0.5, 0.6) is 0 Å². The molecular formula is C9H9F3N2O3SV. The van der Waals surface area contributed by atoms with Crippen LogP contribution in [0.2, 0.25) is 0 Å². The Morgan fingerprint density at radius 2 is 2.16 bits per heavy atom. The van der Waals surface area contributed by atoms with Gasteiger partial charge >= 0.3 is 116 Å². The van der Waals surface area contributed by atoms with Crippen LogP contribution in [0.25, 0.3) is 0 Å². The van der Waals surface area contributed by atoms with Crippen molar-refractivity contribution in [3.05, 3.63) is 0 Å². The number of amides is 1. The zero-order chi connectivity index (χ0) is 14.9. The molecule has 0 aromatic heterocycles. The number of carbonyl (C=O) groups is 1. The monoisotopic (exact) mass is 333 g/mol. The Bertz CT molecular complexity index is 540. The molecule has 1 aliphatic carbocycles. The van der Waals surface area contributed by atoms with Gasteiger partial charge < -0.3 is 0 Å². The van der Waals surface area contributed by atoms with Gasteiger partial charge in [0, 0.05) is 0 Å². The van der Waals surface area contributed by atoms with E-state index in [-0.39, 0.29) is 12.8 Å². The SMILES string of the molecule is C#CCC1CC1(N[CH]=[V])C(=O)NS(=O)(=O)C(F)(F)F. The molecule has 10 heteroatoms. The minimum absolute atomic E-state index is 0.160. The van der Waals surface area contributed by atoms with Crippen LogP contribution in [-0.2, 0) is 31.8 Å². The van der Waals surface area contributed by atoms with Gasteiger partial charge in [-0.25, -0.2) is 0 Å². The molecule has 19 heavy (non-hydrogen) atoms. The van der Waals surface area contributed by atoms with Crippen LogP contribution in [0.1, 0.15) is 12.8 Å². The molecule has 0 heterocycles. The molecule has 0 aromatic rings. The van der Waals surface area contributed by atoms with E-state index in [0.717, 1.165) is 4.72 Å². The number of rotatable bonds is 5. The van der Waals surface area contributed by atoms with E-state index < -0.39 is 32.9 Å². The molecule has 1 aliphatic rings. The summed E-state index contributed by atoms with van der Waals surface area (Å²) in [5, 5.41) is 2.55. The van der Waals surface area contributed by atoms with Crippen LogP contribution < -0.4 is 10.0 Å². The van der Waals surface area contributed by atoms with Crippen LogP contribution in [0.15, 0.2) is 0 Å². The van der Waals surface area contributed by atoms with Gasteiger partial charge in [-0.05, 0) is 0 Å². The number of terminal acetylenes is 1. The van der Waals surface area contributed by atoms with E-state index in [0.29, 0.717) is 0 Å². The third-order valence-corrected chi connectivity index (χ3v) is 3.99. The first-order chi connectivity index (χ1) is 8.60. The Balaban J connectivity index is 2.89. The molecule has 1 fully saturated rings. The summed E-state index contributed by atoms with van der Waals surface area (Å²) in [5.41, 5.74) is -6.93. The molecule has 0 radical (unpaired) electrons. The topological polar surface area (TPSA) is 75.3 Å². The number of hydrogen-bond donors (Lipinski definition) is 2. The standard InChI is InChI=1S/C9H9F3N2O3S.V/c1-3-4-6-5-8(6,13-2)7(15)14-18(16,17)9(10,11)12;/h1-2,6,13H,4-5H2,(H,14,15);. The zero-order valence-electron chi connectivity index (χ0n) is 9.36. The second-order valence-corrected chi connectivity index (χ2v) is 6.01. The fraction of sp³-hybridized carbons (Fsp3) is 0.556. The number of hydrogen-bond acceptors (Lipinski definition) is 4. The van der Waals surface area contributed by atoms with Crippen LogP contribution in [0.3, 0.4) is 0 Å². The van der Waals surface area contributed by atoms with E-state index in [9.17, 15) is 26.4 Å². The molecule has 2 N–H and O–H groups in total. The Kier molecular flexibility index (Phi) is 4.52. The maximum absolute atomic E-state index is 12.2. The van der Waals surface area contributed by atoms with Crippen molar-refractivity contribution in [2.24, 2.45) is 5.92 Å². The molecule has 5 nitrogen and oxygen atoms in total. The van der Waals surface area contributed by atoms with Gasteiger partial charge in [0.15, 0.2) is 0 Å². The predicted octanol–water partition coefficient (Wildman–Crippen LogP) is -0.370. The maximum atomic E-state index is 12.2. The van der Waals surface area contributed by atoms with E-state index >= 15 is 0 Å². The van der Waals surface area contributed by atoms with Gasteiger partial charge in [0.05, 0.1) is 0 Å². The van der Waals surface area contributed by atoms with E-state index in [1.807, 2.05) is 17.0 Å². The van der Waals surface area contributed by atoms with Crippen molar-refractivity contribution in [1.82, 2.24) is 10.0 Å². The number of carbonyl (C=O) groups excluding carboxylic acids is 1. The molecule has 0 bridgehead atoms. The van der Waals surface area contributed by atoms with Gasteiger partial charge in [0.1, 0.15) is 0 Å². The molecular weight excluding hydrogens is 324 g/mol. The summed E-state index contributed by atoms with van der Waals surface area (Å²) in [7, 11) is -5.71. The Morgan fingerprint density at radius 1 is 1.58 bits per heavy atom. The third kappa shape index (κ3) is 3.20. The van der Waals surface area contributed by atoms with Gasteiger partial charge in [-0.15, -0.1) is 0 Å². The van der Waals surface area contributed by atoms with Crippen molar-refractivity contribution < 1.29 is 43.4 Å². The van der Waals surface area contributed by atoms with E-state index in [4.69, 9.17) is 6.42 Å². The third-order valence-electron chi connectivity index (χ3n) is 2.73. The molecule has 1 amide bonds. The molecule has 2 atom stereocenters. The number of sulfonamides is 1. The van der Waals surface area contributed by atoms with E-state index in [1.54, 1.807) is 0 Å². The van der Waals surface area contributed by atoms with Gasteiger partial charge in [0.2, 0.25) is 0 Å².